The van der Waals surface area contributed by atoms with Crippen molar-refractivity contribution < 1.29 is 28.0 Å². The first kappa shape index (κ1) is 21.1. The monoisotopic (exact) mass is 446 g/mol. The summed E-state index contributed by atoms with van der Waals surface area (Å²) in [6, 6.07) is 3.91. The number of nitrogens with one attached hydrogen (secondary N) is 1. The number of nitrogens with zero attached hydrogens (tertiary/aromatic N) is 2. The minimum atomic E-state index is -2.68. The number of imide groups is 2. The van der Waals surface area contributed by atoms with Gasteiger partial charge in [0.25, 0.3) is 11.8 Å². The number of hydrogen-bond donors (Lipinski definition) is 2. The van der Waals surface area contributed by atoms with E-state index in [1.165, 1.54) is 0 Å². The maximum absolute atomic E-state index is 13.8. The van der Waals surface area contributed by atoms with Gasteiger partial charge in [-0.2, -0.15) is 0 Å². The van der Waals surface area contributed by atoms with Crippen molar-refractivity contribution in [2.75, 3.05) is 13.1 Å². The molecule has 8 nitrogen and oxygen atoms in total. The van der Waals surface area contributed by atoms with Crippen LogP contribution < -0.4 is 11.1 Å². The number of carbonyl (C=O) groups excluding carboxylic acids is 4. The summed E-state index contributed by atoms with van der Waals surface area (Å²) in [5.41, 5.74) is 7.00. The van der Waals surface area contributed by atoms with Crippen molar-refractivity contribution in [2.45, 2.75) is 56.2 Å². The van der Waals surface area contributed by atoms with Crippen molar-refractivity contribution in [3.63, 3.8) is 0 Å². The summed E-state index contributed by atoms with van der Waals surface area (Å²) in [5.74, 6) is -5.16. The zero-order valence-corrected chi connectivity index (χ0v) is 17.4. The van der Waals surface area contributed by atoms with Crippen molar-refractivity contribution in [1.82, 2.24) is 15.1 Å². The number of carbonyl (C=O) groups is 4. The van der Waals surface area contributed by atoms with Crippen LogP contribution in [0.25, 0.3) is 0 Å². The molecule has 0 radical (unpaired) electrons. The second-order valence-electron chi connectivity index (χ2n) is 9.49. The van der Waals surface area contributed by atoms with Gasteiger partial charge in [0.05, 0.1) is 11.1 Å². The maximum atomic E-state index is 13.8. The molecule has 4 amide bonds. The molecule has 10 heteroatoms. The number of fused-ring (bicyclic) bond motifs is 2. The third-order valence-electron chi connectivity index (χ3n) is 7.22. The van der Waals surface area contributed by atoms with Crippen molar-refractivity contribution in [3.05, 3.63) is 34.9 Å². The lowest BCUT2D eigenvalue weighted by molar-refractivity contribution is -0.136. The quantitative estimate of drug-likeness (QED) is 0.671. The predicted molar refractivity (Wildman–Crippen MR) is 108 cm³/mol. The van der Waals surface area contributed by atoms with E-state index in [0.717, 1.165) is 10.5 Å². The van der Waals surface area contributed by atoms with Crippen LogP contribution in [0.2, 0.25) is 0 Å². The van der Waals surface area contributed by atoms with E-state index in [0.29, 0.717) is 19.6 Å². The molecule has 3 N–H and O–H groups in total. The van der Waals surface area contributed by atoms with E-state index in [1.54, 1.807) is 18.2 Å². The second kappa shape index (κ2) is 7.14. The van der Waals surface area contributed by atoms with Gasteiger partial charge in [0.1, 0.15) is 6.04 Å². The molecule has 4 aliphatic rings. The molecule has 1 aromatic carbocycles. The third-order valence-corrected chi connectivity index (χ3v) is 7.22. The van der Waals surface area contributed by atoms with Crippen molar-refractivity contribution in [1.29, 1.82) is 0 Å². The number of halogens is 2. The molecule has 1 aromatic rings. The molecule has 3 heterocycles. The normalized spacial score (nSPS) is 32.2. The molecule has 3 fully saturated rings. The fourth-order valence-corrected chi connectivity index (χ4v) is 5.53. The summed E-state index contributed by atoms with van der Waals surface area (Å²) in [4.78, 5) is 52.3. The molecular weight excluding hydrogens is 422 g/mol. The highest BCUT2D eigenvalue weighted by Gasteiger charge is 2.52. The average Bonchev–Trinajstić information content (AvgIpc) is 3.15. The maximum Gasteiger partial charge on any atom is 0.262 e. The Labute approximate surface area is 183 Å². The SMILES string of the molecule is N[C@@]12CCC(F)(F)C[C@@H]1CN(Cc1ccc3c(c1)C(=O)N(C1CCC(=O)NC1=O)C3=O)C2. The predicted octanol–water partition coefficient (Wildman–Crippen LogP) is 1.04. The first-order chi connectivity index (χ1) is 15.1. The Morgan fingerprint density at radius 1 is 1.09 bits per heavy atom. The van der Waals surface area contributed by atoms with Crippen LogP contribution in [-0.2, 0) is 16.1 Å². The summed E-state index contributed by atoms with van der Waals surface area (Å²) < 4.78 is 27.7. The number of benzene rings is 1. The van der Waals surface area contributed by atoms with Crippen LogP contribution in [0.1, 0.15) is 58.4 Å². The summed E-state index contributed by atoms with van der Waals surface area (Å²) in [6.07, 6.45) is 0.0310. The van der Waals surface area contributed by atoms with Gasteiger partial charge in [0.2, 0.25) is 17.7 Å². The zero-order valence-electron chi connectivity index (χ0n) is 17.4. The van der Waals surface area contributed by atoms with Crippen molar-refractivity contribution in [2.24, 2.45) is 11.7 Å². The lowest BCUT2D eigenvalue weighted by atomic mass is 9.74. The summed E-state index contributed by atoms with van der Waals surface area (Å²) >= 11 is 0. The topological polar surface area (TPSA) is 113 Å². The van der Waals surface area contributed by atoms with E-state index in [2.05, 4.69) is 5.32 Å². The van der Waals surface area contributed by atoms with Gasteiger partial charge in [0.15, 0.2) is 0 Å². The molecular formula is C22H24F2N4O4. The van der Waals surface area contributed by atoms with Gasteiger partial charge >= 0.3 is 0 Å². The molecule has 2 saturated heterocycles. The van der Waals surface area contributed by atoms with E-state index < -0.39 is 41.1 Å². The number of amides is 4. The van der Waals surface area contributed by atoms with Gasteiger partial charge in [-0.3, -0.25) is 34.3 Å². The molecule has 3 atom stereocenters. The number of piperidine rings is 1. The Morgan fingerprint density at radius 2 is 1.84 bits per heavy atom. The molecule has 1 unspecified atom stereocenters. The summed E-state index contributed by atoms with van der Waals surface area (Å²) in [5, 5.41) is 2.17. The van der Waals surface area contributed by atoms with Crippen LogP contribution in [0.3, 0.4) is 0 Å². The lowest BCUT2D eigenvalue weighted by Gasteiger charge is -2.38. The molecule has 0 aromatic heterocycles. The van der Waals surface area contributed by atoms with E-state index in [1.807, 2.05) is 4.90 Å². The first-order valence-corrected chi connectivity index (χ1v) is 10.8. The Morgan fingerprint density at radius 3 is 2.59 bits per heavy atom. The van der Waals surface area contributed by atoms with Crippen LogP contribution in [0.15, 0.2) is 18.2 Å². The number of nitrogens with two attached hydrogens (primary N) is 1. The molecule has 3 aliphatic heterocycles. The highest BCUT2D eigenvalue weighted by atomic mass is 19.3. The lowest BCUT2D eigenvalue weighted by Crippen LogP contribution is -2.54. The van der Waals surface area contributed by atoms with Crippen LogP contribution in [0.5, 0.6) is 0 Å². The van der Waals surface area contributed by atoms with Crippen LogP contribution in [0, 0.1) is 5.92 Å². The molecule has 5 rings (SSSR count). The molecule has 170 valence electrons. The van der Waals surface area contributed by atoms with Gasteiger partial charge < -0.3 is 5.73 Å². The fourth-order valence-electron chi connectivity index (χ4n) is 5.53. The largest absolute Gasteiger partial charge is 0.324 e. The number of likely N-dealkylation sites (tertiary alicyclic amines) is 1. The van der Waals surface area contributed by atoms with Crippen LogP contribution in [-0.4, -0.2) is 64.0 Å². The van der Waals surface area contributed by atoms with E-state index in [-0.39, 0.29) is 49.1 Å². The van der Waals surface area contributed by atoms with Crippen molar-refractivity contribution >= 4 is 23.6 Å². The molecule has 1 saturated carbocycles. The van der Waals surface area contributed by atoms with E-state index in [4.69, 9.17) is 5.73 Å². The highest BCUT2D eigenvalue weighted by Crippen LogP contribution is 2.45. The minimum absolute atomic E-state index is 0.0606. The zero-order chi connectivity index (χ0) is 22.8. The first-order valence-electron chi connectivity index (χ1n) is 10.8. The summed E-state index contributed by atoms with van der Waals surface area (Å²) in [7, 11) is 0. The van der Waals surface area contributed by atoms with Gasteiger partial charge in [-0.25, -0.2) is 8.78 Å². The van der Waals surface area contributed by atoms with Crippen molar-refractivity contribution in [3.8, 4) is 0 Å². The van der Waals surface area contributed by atoms with Crippen LogP contribution >= 0.6 is 0 Å². The smallest absolute Gasteiger partial charge is 0.262 e. The number of alkyl halides is 2. The Bertz CT molecular complexity index is 1040. The Kier molecular flexibility index (Phi) is 4.72. The van der Waals surface area contributed by atoms with Gasteiger partial charge in [-0.1, -0.05) is 6.07 Å². The Balaban J connectivity index is 1.32. The average molecular weight is 446 g/mol. The van der Waals surface area contributed by atoms with Gasteiger partial charge in [0, 0.05) is 44.4 Å². The minimum Gasteiger partial charge on any atom is -0.324 e. The molecule has 0 bridgehead atoms. The van der Waals surface area contributed by atoms with E-state index >= 15 is 0 Å². The Hall–Kier alpha value is -2.72. The molecule has 0 spiro atoms. The van der Waals surface area contributed by atoms with Crippen LogP contribution in [0.4, 0.5) is 8.78 Å². The third kappa shape index (κ3) is 3.41. The molecule has 1 aliphatic carbocycles. The van der Waals surface area contributed by atoms with E-state index in [9.17, 15) is 28.0 Å². The fraction of sp³-hybridized carbons (Fsp3) is 0.545. The standard InChI is InChI=1S/C22H24F2N4O4/c23-22(24)6-5-21(25)11-27(10-13(21)8-22)9-12-1-2-14-15(7-12)20(32)28(19(14)31)16-3-4-17(29)26-18(16)30/h1-2,7,13,16H,3-6,8-11,25H2,(H,26,29,30)/t13-,16?,21-/m1/s1. The second-order valence-corrected chi connectivity index (χ2v) is 9.49. The molecule has 32 heavy (non-hydrogen) atoms. The van der Waals surface area contributed by atoms with Gasteiger partial charge in [-0.05, 0) is 36.5 Å². The van der Waals surface area contributed by atoms with Gasteiger partial charge in [-0.15, -0.1) is 0 Å². The number of hydrogen-bond acceptors (Lipinski definition) is 6. The highest BCUT2D eigenvalue weighted by molar-refractivity contribution is 6.23. The number of rotatable bonds is 3. The summed E-state index contributed by atoms with van der Waals surface area (Å²) in [6.45, 7) is 1.38.